The third-order valence-corrected chi connectivity index (χ3v) is 4.25. The third kappa shape index (κ3) is 3.34. The Morgan fingerprint density at radius 2 is 2.26 bits per heavy atom. The normalized spacial score (nSPS) is 26.4. The Kier molecular flexibility index (Phi) is 4.95. The molecule has 0 saturated carbocycles. The average Bonchev–Trinajstić information content (AvgIpc) is 2.38. The van der Waals surface area contributed by atoms with Gasteiger partial charge in [0.25, 0.3) is 0 Å². The maximum atomic E-state index is 13.7. The van der Waals surface area contributed by atoms with Crippen LogP contribution in [0.4, 0.5) is 4.39 Å². The summed E-state index contributed by atoms with van der Waals surface area (Å²) in [6, 6.07) is 5.55. The first-order chi connectivity index (χ1) is 9.02. The van der Waals surface area contributed by atoms with Crippen LogP contribution >= 0.6 is 15.9 Å². The number of hydrogen-bond donors (Lipinski definition) is 1. The van der Waals surface area contributed by atoms with Gasteiger partial charge in [0.1, 0.15) is 5.82 Å². The second-order valence-electron chi connectivity index (χ2n) is 5.11. The molecule has 1 heterocycles. The number of halogens is 2. The van der Waals surface area contributed by atoms with Crippen LogP contribution < -0.4 is 5.73 Å². The van der Waals surface area contributed by atoms with Crippen molar-refractivity contribution in [3.05, 3.63) is 34.1 Å². The number of morpholine rings is 1. The Bertz CT molecular complexity index is 443. The summed E-state index contributed by atoms with van der Waals surface area (Å²) in [7, 11) is 0. The summed E-state index contributed by atoms with van der Waals surface area (Å²) in [5.74, 6) is -0.245. The van der Waals surface area contributed by atoms with E-state index in [1.165, 1.54) is 0 Å². The van der Waals surface area contributed by atoms with Gasteiger partial charge in [-0.05, 0) is 47.5 Å². The zero-order chi connectivity index (χ0) is 14.0. The zero-order valence-electron chi connectivity index (χ0n) is 11.3. The van der Waals surface area contributed by atoms with Gasteiger partial charge in [-0.15, -0.1) is 0 Å². The van der Waals surface area contributed by atoms with Gasteiger partial charge in [-0.3, -0.25) is 4.90 Å². The fourth-order valence-electron chi connectivity index (χ4n) is 2.55. The molecule has 5 heteroatoms. The minimum Gasteiger partial charge on any atom is -0.376 e. The SMILES string of the molecule is CC1CN(C(CN)c2ccc(Br)c(F)c2)C(C)CO1. The van der Waals surface area contributed by atoms with Crippen LogP contribution in [-0.2, 0) is 4.74 Å². The molecule has 1 fully saturated rings. The molecule has 0 radical (unpaired) electrons. The van der Waals surface area contributed by atoms with E-state index in [0.29, 0.717) is 17.6 Å². The average molecular weight is 331 g/mol. The summed E-state index contributed by atoms with van der Waals surface area (Å²) in [6.45, 7) is 6.15. The van der Waals surface area contributed by atoms with E-state index in [1.807, 2.05) is 6.07 Å². The van der Waals surface area contributed by atoms with Gasteiger partial charge in [-0.25, -0.2) is 4.39 Å². The van der Waals surface area contributed by atoms with Gasteiger partial charge in [0.15, 0.2) is 0 Å². The summed E-state index contributed by atoms with van der Waals surface area (Å²) in [5, 5.41) is 0. The van der Waals surface area contributed by atoms with Crippen molar-refractivity contribution >= 4 is 15.9 Å². The predicted octanol–water partition coefficient (Wildman–Crippen LogP) is 2.70. The quantitative estimate of drug-likeness (QED) is 0.926. The van der Waals surface area contributed by atoms with E-state index in [-0.39, 0.29) is 24.0 Å². The van der Waals surface area contributed by atoms with Crippen molar-refractivity contribution in [1.82, 2.24) is 4.90 Å². The first kappa shape index (κ1) is 14.9. The highest BCUT2D eigenvalue weighted by molar-refractivity contribution is 9.10. The van der Waals surface area contributed by atoms with Crippen molar-refractivity contribution in [1.29, 1.82) is 0 Å². The van der Waals surface area contributed by atoms with E-state index in [4.69, 9.17) is 10.5 Å². The molecule has 0 bridgehead atoms. The topological polar surface area (TPSA) is 38.5 Å². The van der Waals surface area contributed by atoms with Gasteiger partial charge in [0, 0.05) is 25.2 Å². The lowest BCUT2D eigenvalue weighted by molar-refractivity contribution is -0.0654. The largest absolute Gasteiger partial charge is 0.376 e. The standard InChI is InChI=1S/C14H20BrFN2O/c1-9-8-19-10(2)7-18(9)14(6-17)11-3-4-12(15)13(16)5-11/h3-5,9-10,14H,6-8,17H2,1-2H3. The van der Waals surface area contributed by atoms with Crippen molar-refractivity contribution in [3.63, 3.8) is 0 Å². The van der Waals surface area contributed by atoms with Crippen molar-refractivity contribution in [2.75, 3.05) is 19.7 Å². The van der Waals surface area contributed by atoms with Crippen LogP contribution in [0.1, 0.15) is 25.5 Å². The molecule has 0 spiro atoms. The van der Waals surface area contributed by atoms with Gasteiger partial charge in [-0.2, -0.15) is 0 Å². The van der Waals surface area contributed by atoms with Gasteiger partial charge < -0.3 is 10.5 Å². The lowest BCUT2D eigenvalue weighted by Crippen LogP contribution is -2.50. The van der Waals surface area contributed by atoms with Crippen LogP contribution in [0.3, 0.4) is 0 Å². The summed E-state index contributed by atoms with van der Waals surface area (Å²) >= 11 is 3.18. The van der Waals surface area contributed by atoms with Crippen molar-refractivity contribution in [2.24, 2.45) is 5.73 Å². The van der Waals surface area contributed by atoms with Gasteiger partial charge in [0.2, 0.25) is 0 Å². The van der Waals surface area contributed by atoms with E-state index >= 15 is 0 Å². The second kappa shape index (κ2) is 6.31. The van der Waals surface area contributed by atoms with E-state index in [2.05, 4.69) is 34.7 Å². The van der Waals surface area contributed by atoms with Crippen LogP contribution in [0.2, 0.25) is 0 Å². The molecule has 3 nitrogen and oxygen atoms in total. The highest BCUT2D eigenvalue weighted by Gasteiger charge is 2.30. The molecular formula is C14H20BrFN2O. The molecule has 106 valence electrons. The summed E-state index contributed by atoms with van der Waals surface area (Å²) in [6.07, 6.45) is 0.186. The molecule has 1 aliphatic heterocycles. The van der Waals surface area contributed by atoms with Gasteiger partial charge in [-0.1, -0.05) is 6.07 Å². The minimum absolute atomic E-state index is 0.0314. The summed E-state index contributed by atoms with van der Waals surface area (Å²) < 4.78 is 19.8. The number of rotatable bonds is 3. The number of ether oxygens (including phenoxy) is 1. The summed E-state index contributed by atoms with van der Waals surface area (Å²) in [4.78, 5) is 2.30. The molecule has 1 aromatic carbocycles. The van der Waals surface area contributed by atoms with Gasteiger partial charge in [0.05, 0.1) is 17.2 Å². The first-order valence-corrected chi connectivity index (χ1v) is 7.34. The van der Waals surface area contributed by atoms with Crippen molar-refractivity contribution in [2.45, 2.75) is 32.0 Å². The monoisotopic (exact) mass is 330 g/mol. The Balaban J connectivity index is 2.25. The molecule has 0 aromatic heterocycles. The molecule has 0 amide bonds. The third-order valence-electron chi connectivity index (χ3n) is 3.61. The highest BCUT2D eigenvalue weighted by Crippen LogP contribution is 2.28. The molecule has 19 heavy (non-hydrogen) atoms. The van der Waals surface area contributed by atoms with Crippen molar-refractivity contribution in [3.8, 4) is 0 Å². The maximum Gasteiger partial charge on any atom is 0.137 e. The Morgan fingerprint density at radius 1 is 1.53 bits per heavy atom. The smallest absolute Gasteiger partial charge is 0.137 e. The molecule has 3 unspecified atom stereocenters. The number of nitrogens with zero attached hydrogens (tertiary/aromatic N) is 1. The van der Waals surface area contributed by atoms with Gasteiger partial charge >= 0.3 is 0 Å². The molecule has 2 rings (SSSR count). The van der Waals surface area contributed by atoms with Crippen molar-refractivity contribution < 1.29 is 9.13 Å². The van der Waals surface area contributed by atoms with E-state index in [9.17, 15) is 4.39 Å². The van der Waals surface area contributed by atoms with E-state index < -0.39 is 0 Å². The molecule has 2 N–H and O–H groups in total. The lowest BCUT2D eigenvalue weighted by atomic mass is 10.0. The van der Waals surface area contributed by atoms with Crippen LogP contribution in [0.15, 0.2) is 22.7 Å². The van der Waals surface area contributed by atoms with Crippen LogP contribution in [0.25, 0.3) is 0 Å². The van der Waals surface area contributed by atoms with Crippen LogP contribution in [-0.4, -0.2) is 36.7 Å². The molecule has 3 atom stereocenters. The fourth-order valence-corrected chi connectivity index (χ4v) is 2.79. The molecule has 1 saturated heterocycles. The predicted molar refractivity (Wildman–Crippen MR) is 77.5 cm³/mol. The van der Waals surface area contributed by atoms with E-state index in [0.717, 1.165) is 12.1 Å². The first-order valence-electron chi connectivity index (χ1n) is 6.55. The lowest BCUT2D eigenvalue weighted by Gasteiger charge is -2.41. The second-order valence-corrected chi connectivity index (χ2v) is 5.97. The summed E-state index contributed by atoms with van der Waals surface area (Å²) in [5.41, 5.74) is 6.84. The fraction of sp³-hybridized carbons (Fsp3) is 0.571. The zero-order valence-corrected chi connectivity index (χ0v) is 12.9. The van der Waals surface area contributed by atoms with E-state index in [1.54, 1.807) is 12.1 Å². The minimum atomic E-state index is -0.245. The maximum absolute atomic E-state index is 13.7. The molecule has 1 aromatic rings. The number of hydrogen-bond acceptors (Lipinski definition) is 3. The highest BCUT2D eigenvalue weighted by atomic mass is 79.9. The molecular weight excluding hydrogens is 311 g/mol. The number of nitrogens with two attached hydrogens (primary N) is 1. The molecule has 1 aliphatic rings. The Labute approximate surface area is 122 Å². The Morgan fingerprint density at radius 3 is 2.89 bits per heavy atom. The number of benzene rings is 1. The molecule has 0 aliphatic carbocycles. The van der Waals surface area contributed by atoms with Crippen LogP contribution in [0.5, 0.6) is 0 Å². The Hall–Kier alpha value is -0.490. The van der Waals surface area contributed by atoms with Crippen LogP contribution in [0, 0.1) is 5.82 Å².